The average Bonchev–Trinajstić information content (AvgIpc) is 3.00. The second kappa shape index (κ2) is 4.13. The summed E-state index contributed by atoms with van der Waals surface area (Å²) >= 11 is 0. The molecule has 1 aliphatic rings. The molecule has 1 fully saturated rings. The first-order chi connectivity index (χ1) is 8.70. The summed E-state index contributed by atoms with van der Waals surface area (Å²) in [6.45, 7) is 2.08. The molecule has 18 heavy (non-hydrogen) atoms. The molecule has 2 heterocycles. The van der Waals surface area contributed by atoms with Crippen LogP contribution in [0.4, 0.5) is 0 Å². The van der Waals surface area contributed by atoms with Crippen molar-refractivity contribution in [1.82, 2.24) is 20.1 Å². The van der Waals surface area contributed by atoms with Gasteiger partial charge in [0.05, 0.1) is 5.41 Å². The molecule has 0 bridgehead atoms. The van der Waals surface area contributed by atoms with E-state index in [0.717, 1.165) is 19.3 Å². The van der Waals surface area contributed by atoms with Crippen molar-refractivity contribution in [3.05, 3.63) is 24.4 Å². The van der Waals surface area contributed by atoms with Crippen molar-refractivity contribution >= 4 is 0 Å². The number of hydrogen-bond acceptors (Lipinski definition) is 6. The van der Waals surface area contributed by atoms with Crippen molar-refractivity contribution in [3.63, 3.8) is 0 Å². The van der Waals surface area contributed by atoms with Gasteiger partial charge >= 0.3 is 0 Å². The summed E-state index contributed by atoms with van der Waals surface area (Å²) in [6.07, 6.45) is 6.38. The van der Waals surface area contributed by atoms with E-state index >= 15 is 0 Å². The van der Waals surface area contributed by atoms with Crippen LogP contribution in [0.15, 0.2) is 23.0 Å². The minimum absolute atomic E-state index is 0.0718. The third-order valence-corrected chi connectivity index (χ3v) is 3.71. The Morgan fingerprint density at radius 1 is 1.33 bits per heavy atom. The number of hydrogen-bond donors (Lipinski definition) is 1. The SMILES string of the molecule is CC1(c2nc(-c3ncccn3)no2)CCCC1N. The van der Waals surface area contributed by atoms with E-state index in [-0.39, 0.29) is 11.5 Å². The zero-order chi connectivity index (χ0) is 12.6. The highest BCUT2D eigenvalue weighted by atomic mass is 16.5. The van der Waals surface area contributed by atoms with E-state index in [1.165, 1.54) is 0 Å². The molecule has 1 saturated carbocycles. The summed E-state index contributed by atoms with van der Waals surface area (Å²) in [5, 5.41) is 3.94. The van der Waals surface area contributed by atoms with Crippen molar-refractivity contribution in [3.8, 4) is 11.6 Å². The zero-order valence-electron chi connectivity index (χ0n) is 10.2. The fourth-order valence-electron chi connectivity index (χ4n) is 2.42. The van der Waals surface area contributed by atoms with Crippen molar-refractivity contribution in [2.24, 2.45) is 5.73 Å². The van der Waals surface area contributed by atoms with Crippen LogP contribution in [-0.2, 0) is 5.41 Å². The Hall–Kier alpha value is -1.82. The Bertz CT molecular complexity index is 540. The molecule has 0 saturated heterocycles. The van der Waals surface area contributed by atoms with Gasteiger partial charge in [-0.05, 0) is 25.8 Å². The van der Waals surface area contributed by atoms with Crippen LogP contribution in [0.25, 0.3) is 11.6 Å². The van der Waals surface area contributed by atoms with E-state index < -0.39 is 0 Å². The second-order valence-corrected chi connectivity index (χ2v) is 4.91. The van der Waals surface area contributed by atoms with Gasteiger partial charge in [-0.25, -0.2) is 9.97 Å². The van der Waals surface area contributed by atoms with Crippen LogP contribution in [0.2, 0.25) is 0 Å². The number of nitrogens with two attached hydrogens (primary N) is 1. The summed E-state index contributed by atoms with van der Waals surface area (Å²) in [7, 11) is 0. The van der Waals surface area contributed by atoms with Gasteiger partial charge < -0.3 is 10.3 Å². The minimum atomic E-state index is -0.222. The lowest BCUT2D eigenvalue weighted by Gasteiger charge is -2.23. The third-order valence-electron chi connectivity index (χ3n) is 3.71. The van der Waals surface area contributed by atoms with Crippen LogP contribution in [0.5, 0.6) is 0 Å². The molecule has 2 aromatic rings. The predicted octanol–water partition coefficient (Wildman–Crippen LogP) is 1.30. The van der Waals surface area contributed by atoms with Crippen LogP contribution < -0.4 is 5.73 Å². The molecule has 2 atom stereocenters. The lowest BCUT2D eigenvalue weighted by atomic mass is 9.85. The van der Waals surface area contributed by atoms with Gasteiger partial charge in [0.1, 0.15) is 0 Å². The van der Waals surface area contributed by atoms with Crippen LogP contribution in [0.3, 0.4) is 0 Å². The van der Waals surface area contributed by atoms with Gasteiger partial charge in [-0.1, -0.05) is 11.6 Å². The fourth-order valence-corrected chi connectivity index (χ4v) is 2.42. The maximum atomic E-state index is 6.13. The first-order valence-electron chi connectivity index (χ1n) is 6.07. The van der Waals surface area contributed by atoms with Crippen molar-refractivity contribution < 1.29 is 4.52 Å². The molecular formula is C12H15N5O. The van der Waals surface area contributed by atoms with Gasteiger partial charge in [-0.2, -0.15) is 4.98 Å². The third kappa shape index (κ3) is 1.69. The smallest absolute Gasteiger partial charge is 0.240 e. The van der Waals surface area contributed by atoms with Gasteiger partial charge in [-0.15, -0.1) is 0 Å². The van der Waals surface area contributed by atoms with Gasteiger partial charge in [0.2, 0.25) is 17.5 Å². The second-order valence-electron chi connectivity index (χ2n) is 4.91. The molecule has 2 aromatic heterocycles. The van der Waals surface area contributed by atoms with Crippen molar-refractivity contribution in [1.29, 1.82) is 0 Å². The molecule has 2 unspecified atom stereocenters. The maximum absolute atomic E-state index is 6.13. The quantitative estimate of drug-likeness (QED) is 0.857. The molecule has 0 aromatic carbocycles. The maximum Gasteiger partial charge on any atom is 0.240 e. The van der Waals surface area contributed by atoms with Gasteiger partial charge in [-0.3, -0.25) is 0 Å². The van der Waals surface area contributed by atoms with E-state index in [0.29, 0.717) is 17.5 Å². The summed E-state index contributed by atoms with van der Waals surface area (Å²) in [4.78, 5) is 12.6. The largest absolute Gasteiger partial charge is 0.338 e. The molecule has 0 spiro atoms. The molecule has 2 N–H and O–H groups in total. The molecule has 6 nitrogen and oxygen atoms in total. The summed E-state index contributed by atoms with van der Waals surface area (Å²) in [6, 6.07) is 1.82. The van der Waals surface area contributed by atoms with Crippen molar-refractivity contribution in [2.75, 3.05) is 0 Å². The van der Waals surface area contributed by atoms with Crippen LogP contribution in [0, 0.1) is 0 Å². The Kier molecular flexibility index (Phi) is 2.59. The molecule has 0 aliphatic heterocycles. The van der Waals surface area contributed by atoms with Crippen LogP contribution >= 0.6 is 0 Å². The van der Waals surface area contributed by atoms with Gasteiger partial charge in [0, 0.05) is 18.4 Å². The lowest BCUT2D eigenvalue weighted by molar-refractivity contribution is 0.278. The normalized spacial score (nSPS) is 27.6. The molecule has 6 heteroatoms. The summed E-state index contributed by atoms with van der Waals surface area (Å²) < 4.78 is 5.36. The van der Waals surface area contributed by atoms with Crippen molar-refractivity contribution in [2.45, 2.75) is 37.6 Å². The highest BCUT2D eigenvalue weighted by Crippen LogP contribution is 2.39. The Balaban J connectivity index is 1.95. The molecule has 0 radical (unpaired) electrons. The topological polar surface area (TPSA) is 90.7 Å². The summed E-state index contributed by atoms with van der Waals surface area (Å²) in [5.74, 6) is 1.49. The predicted molar refractivity (Wildman–Crippen MR) is 64.5 cm³/mol. The minimum Gasteiger partial charge on any atom is -0.338 e. The van der Waals surface area contributed by atoms with E-state index in [4.69, 9.17) is 10.3 Å². The van der Waals surface area contributed by atoms with E-state index in [1.54, 1.807) is 18.5 Å². The summed E-state index contributed by atoms with van der Waals surface area (Å²) in [5.41, 5.74) is 5.91. The van der Waals surface area contributed by atoms with E-state index in [2.05, 4.69) is 27.0 Å². The molecule has 3 rings (SSSR count). The van der Waals surface area contributed by atoms with Gasteiger partial charge in [0.25, 0.3) is 0 Å². The van der Waals surface area contributed by atoms with E-state index in [9.17, 15) is 0 Å². The highest BCUT2D eigenvalue weighted by molar-refractivity contribution is 5.40. The average molecular weight is 245 g/mol. The first-order valence-corrected chi connectivity index (χ1v) is 6.07. The molecule has 1 aliphatic carbocycles. The Morgan fingerprint density at radius 2 is 2.11 bits per heavy atom. The fraction of sp³-hybridized carbons (Fsp3) is 0.500. The lowest BCUT2D eigenvalue weighted by Crippen LogP contribution is -2.38. The molecular weight excluding hydrogens is 230 g/mol. The number of nitrogens with zero attached hydrogens (tertiary/aromatic N) is 4. The van der Waals surface area contributed by atoms with Crippen LogP contribution in [-0.4, -0.2) is 26.2 Å². The standard InChI is InChI=1S/C12H15N5O/c1-12(5-2-4-8(12)13)11-16-10(17-18-11)9-14-6-3-7-15-9/h3,6-8H,2,4-5,13H2,1H3. The van der Waals surface area contributed by atoms with Crippen LogP contribution in [0.1, 0.15) is 32.1 Å². The monoisotopic (exact) mass is 245 g/mol. The first kappa shape index (κ1) is 11.3. The zero-order valence-corrected chi connectivity index (χ0v) is 10.2. The van der Waals surface area contributed by atoms with Gasteiger partial charge in [0.15, 0.2) is 0 Å². The Morgan fingerprint density at radius 3 is 2.78 bits per heavy atom. The number of aromatic nitrogens is 4. The highest BCUT2D eigenvalue weighted by Gasteiger charge is 2.42. The Labute approximate surface area is 105 Å². The number of rotatable bonds is 2. The molecule has 0 amide bonds. The van der Waals surface area contributed by atoms with E-state index in [1.807, 2.05) is 0 Å². The molecule has 94 valence electrons.